The lowest BCUT2D eigenvalue weighted by molar-refractivity contribution is 0.0265. The highest BCUT2D eigenvalue weighted by Gasteiger charge is 2.14. The molecule has 0 amide bonds. The third-order valence-corrected chi connectivity index (χ3v) is 2.43. The molecular formula is C8H13N6O2P. The van der Waals surface area contributed by atoms with E-state index in [4.69, 9.17) is 15.6 Å². The van der Waals surface area contributed by atoms with Crippen molar-refractivity contribution in [2.24, 2.45) is 0 Å². The normalized spacial score (nSPS) is 13.1. The van der Waals surface area contributed by atoms with E-state index in [1.807, 2.05) is 0 Å². The Morgan fingerprint density at radius 3 is 3.06 bits per heavy atom. The van der Waals surface area contributed by atoms with Crippen LogP contribution in [0, 0.1) is 0 Å². The minimum absolute atomic E-state index is 0.101. The number of fused-ring (bicyclic) bond motifs is 1. The lowest BCUT2D eigenvalue weighted by atomic mass is 10.4. The van der Waals surface area contributed by atoms with Gasteiger partial charge in [-0.2, -0.15) is 0 Å². The standard InChI is InChI=1S/C8H13N6O2P/c9-7-6-8(11-3-10-7)14(13-12-6)1-5(2-15)16-4-17/h3,5,15H,1-2,4,17H2,(H2,9,10,11). The van der Waals surface area contributed by atoms with Crippen molar-refractivity contribution in [1.29, 1.82) is 0 Å². The van der Waals surface area contributed by atoms with E-state index in [2.05, 4.69) is 29.5 Å². The van der Waals surface area contributed by atoms with E-state index in [-0.39, 0.29) is 18.5 Å². The first kappa shape index (κ1) is 12.1. The number of hydrogen-bond acceptors (Lipinski definition) is 7. The molecule has 0 aliphatic heterocycles. The summed E-state index contributed by atoms with van der Waals surface area (Å²) in [5.41, 5.74) is 6.63. The summed E-state index contributed by atoms with van der Waals surface area (Å²) < 4.78 is 6.83. The summed E-state index contributed by atoms with van der Waals surface area (Å²) in [7, 11) is 2.43. The highest BCUT2D eigenvalue weighted by molar-refractivity contribution is 7.16. The number of aliphatic hydroxyl groups is 1. The van der Waals surface area contributed by atoms with Gasteiger partial charge in [-0.25, -0.2) is 14.6 Å². The Morgan fingerprint density at radius 2 is 2.35 bits per heavy atom. The second kappa shape index (κ2) is 5.31. The van der Waals surface area contributed by atoms with E-state index in [0.717, 1.165) is 0 Å². The van der Waals surface area contributed by atoms with E-state index in [0.29, 0.717) is 24.1 Å². The Hall–Kier alpha value is -1.37. The van der Waals surface area contributed by atoms with E-state index in [1.54, 1.807) is 0 Å². The summed E-state index contributed by atoms with van der Waals surface area (Å²) in [6.45, 7) is 0.258. The molecule has 0 aliphatic carbocycles. The van der Waals surface area contributed by atoms with Crippen LogP contribution >= 0.6 is 9.24 Å². The molecule has 0 aromatic carbocycles. The molecule has 8 nitrogen and oxygen atoms in total. The van der Waals surface area contributed by atoms with Crippen LogP contribution in [0.4, 0.5) is 5.82 Å². The van der Waals surface area contributed by atoms with Crippen molar-refractivity contribution in [3.8, 4) is 0 Å². The Bertz CT molecular complexity index is 504. The van der Waals surface area contributed by atoms with Crippen molar-refractivity contribution in [1.82, 2.24) is 25.0 Å². The molecule has 92 valence electrons. The molecule has 0 aliphatic rings. The van der Waals surface area contributed by atoms with Crippen LogP contribution in [0.1, 0.15) is 0 Å². The molecule has 0 saturated carbocycles. The predicted molar refractivity (Wildman–Crippen MR) is 64.1 cm³/mol. The van der Waals surface area contributed by atoms with E-state index < -0.39 is 0 Å². The second-order valence-electron chi connectivity index (χ2n) is 3.34. The predicted octanol–water partition coefficient (Wildman–Crippen LogP) is -0.986. The quantitative estimate of drug-likeness (QED) is 0.661. The van der Waals surface area contributed by atoms with Crippen molar-refractivity contribution in [2.75, 3.05) is 18.7 Å². The van der Waals surface area contributed by atoms with Crippen molar-refractivity contribution in [2.45, 2.75) is 12.6 Å². The number of nitrogens with zero attached hydrogens (tertiary/aromatic N) is 5. The summed E-state index contributed by atoms with van der Waals surface area (Å²) in [6.07, 6.45) is 1.44. The molecule has 0 bridgehead atoms. The molecule has 2 unspecified atom stereocenters. The average Bonchev–Trinajstić information content (AvgIpc) is 2.73. The number of ether oxygens (including phenoxy) is 1. The van der Waals surface area contributed by atoms with Gasteiger partial charge in [-0.3, -0.25) is 0 Å². The minimum Gasteiger partial charge on any atom is -0.394 e. The lowest BCUT2D eigenvalue weighted by Crippen LogP contribution is -2.24. The highest BCUT2D eigenvalue weighted by atomic mass is 31.0. The number of rotatable bonds is 5. The second-order valence-corrected chi connectivity index (χ2v) is 3.67. The van der Waals surface area contributed by atoms with Gasteiger partial charge in [0, 0.05) is 0 Å². The Balaban J connectivity index is 2.27. The van der Waals surface area contributed by atoms with E-state index in [1.165, 1.54) is 11.0 Å². The SMILES string of the molecule is Nc1ncnc2c1nnn2CC(CO)OCP. The van der Waals surface area contributed by atoms with Gasteiger partial charge in [0.1, 0.15) is 12.4 Å². The monoisotopic (exact) mass is 256 g/mol. The van der Waals surface area contributed by atoms with Crippen LogP contribution in [0.15, 0.2) is 6.33 Å². The smallest absolute Gasteiger partial charge is 0.183 e. The van der Waals surface area contributed by atoms with Crippen molar-refractivity contribution in [3.05, 3.63) is 6.33 Å². The molecule has 0 saturated heterocycles. The molecule has 2 aromatic rings. The Labute approximate surface area is 99.4 Å². The molecule has 17 heavy (non-hydrogen) atoms. The third kappa shape index (κ3) is 2.49. The number of nitrogens with two attached hydrogens (primary N) is 1. The first-order valence-corrected chi connectivity index (χ1v) is 5.80. The molecule has 0 fully saturated rings. The van der Waals surface area contributed by atoms with Crippen LogP contribution in [0.25, 0.3) is 11.2 Å². The van der Waals surface area contributed by atoms with Gasteiger partial charge in [0.05, 0.1) is 19.5 Å². The summed E-state index contributed by atoms with van der Waals surface area (Å²) in [6, 6.07) is 0. The molecule has 0 radical (unpaired) electrons. The molecule has 2 aromatic heterocycles. The summed E-state index contributed by atoms with van der Waals surface area (Å²) in [5.74, 6) is 0.286. The Kier molecular flexibility index (Phi) is 3.78. The van der Waals surface area contributed by atoms with Gasteiger partial charge in [-0.15, -0.1) is 14.3 Å². The summed E-state index contributed by atoms with van der Waals surface area (Å²) in [4.78, 5) is 7.88. The number of hydrogen-bond donors (Lipinski definition) is 2. The first-order valence-electron chi connectivity index (χ1n) is 4.98. The van der Waals surface area contributed by atoms with Crippen LogP contribution in [-0.2, 0) is 11.3 Å². The maximum absolute atomic E-state index is 9.13. The number of anilines is 1. The highest BCUT2D eigenvalue weighted by Crippen LogP contribution is 2.13. The van der Waals surface area contributed by atoms with Gasteiger partial charge in [0.25, 0.3) is 0 Å². The van der Waals surface area contributed by atoms with Gasteiger partial charge in [0.2, 0.25) is 0 Å². The van der Waals surface area contributed by atoms with Crippen molar-refractivity contribution in [3.63, 3.8) is 0 Å². The molecule has 0 spiro atoms. The molecular weight excluding hydrogens is 243 g/mol. The van der Waals surface area contributed by atoms with Crippen LogP contribution in [0.2, 0.25) is 0 Å². The third-order valence-electron chi connectivity index (χ3n) is 2.24. The topological polar surface area (TPSA) is 112 Å². The van der Waals surface area contributed by atoms with Crippen LogP contribution in [0.3, 0.4) is 0 Å². The molecule has 9 heteroatoms. The van der Waals surface area contributed by atoms with E-state index in [9.17, 15) is 0 Å². The van der Waals surface area contributed by atoms with Crippen molar-refractivity contribution >= 4 is 26.2 Å². The van der Waals surface area contributed by atoms with E-state index >= 15 is 0 Å². The molecule has 3 N–H and O–H groups in total. The van der Waals surface area contributed by atoms with Gasteiger partial charge in [-0.05, 0) is 0 Å². The zero-order valence-electron chi connectivity index (χ0n) is 9.02. The summed E-state index contributed by atoms with van der Waals surface area (Å²) >= 11 is 0. The number of aromatic nitrogens is 5. The molecule has 2 rings (SSSR count). The Morgan fingerprint density at radius 1 is 1.53 bits per heavy atom. The molecule has 2 heterocycles. The fraction of sp³-hybridized carbons (Fsp3) is 0.500. The van der Waals surface area contributed by atoms with Crippen LogP contribution < -0.4 is 5.73 Å². The zero-order valence-corrected chi connectivity index (χ0v) is 10.2. The lowest BCUT2D eigenvalue weighted by Gasteiger charge is -2.13. The first-order chi connectivity index (χ1) is 8.26. The van der Waals surface area contributed by atoms with Gasteiger partial charge >= 0.3 is 0 Å². The van der Waals surface area contributed by atoms with Gasteiger partial charge < -0.3 is 15.6 Å². The van der Waals surface area contributed by atoms with Gasteiger partial charge in [0.15, 0.2) is 17.0 Å². The minimum atomic E-state index is -0.353. The fourth-order valence-corrected chi connectivity index (χ4v) is 1.70. The average molecular weight is 256 g/mol. The largest absolute Gasteiger partial charge is 0.394 e. The number of aliphatic hydroxyl groups excluding tert-OH is 1. The summed E-state index contributed by atoms with van der Waals surface area (Å²) in [5, 5.41) is 16.9. The van der Waals surface area contributed by atoms with Gasteiger partial charge in [-0.1, -0.05) is 5.21 Å². The maximum Gasteiger partial charge on any atom is 0.183 e. The number of nitrogen functional groups attached to an aromatic ring is 1. The van der Waals surface area contributed by atoms with Crippen molar-refractivity contribution < 1.29 is 9.84 Å². The van der Waals surface area contributed by atoms with Crippen LogP contribution in [-0.4, -0.2) is 49.1 Å². The van der Waals surface area contributed by atoms with Crippen LogP contribution in [0.5, 0.6) is 0 Å². The fourth-order valence-electron chi connectivity index (χ4n) is 1.42. The zero-order chi connectivity index (χ0) is 12.3. The maximum atomic E-state index is 9.13. The molecule has 2 atom stereocenters.